The summed E-state index contributed by atoms with van der Waals surface area (Å²) in [5.41, 5.74) is 8.30. The zero-order valence-corrected chi connectivity index (χ0v) is 9.37. The third kappa shape index (κ3) is 1.35. The van der Waals surface area contributed by atoms with Gasteiger partial charge in [0.15, 0.2) is 0 Å². The van der Waals surface area contributed by atoms with Gasteiger partial charge in [-0.1, -0.05) is 12.1 Å². The van der Waals surface area contributed by atoms with Gasteiger partial charge in [-0.2, -0.15) is 0 Å². The van der Waals surface area contributed by atoms with Gasteiger partial charge in [0.25, 0.3) is 0 Å². The lowest BCUT2D eigenvalue weighted by Crippen LogP contribution is -2.31. The molecule has 0 bridgehead atoms. The first-order valence-corrected chi connectivity index (χ1v) is 5.08. The molecule has 0 radical (unpaired) electrons. The van der Waals surface area contributed by atoms with Crippen molar-refractivity contribution in [1.29, 1.82) is 0 Å². The molecule has 1 amide bonds. The molecule has 2 N–H and O–H groups in total. The number of fused-ring (bicyclic) bond motifs is 1. The number of hydrogen-bond acceptors (Lipinski definition) is 2. The van der Waals surface area contributed by atoms with Gasteiger partial charge >= 0.3 is 0 Å². The van der Waals surface area contributed by atoms with Crippen LogP contribution in [-0.2, 0) is 12.1 Å². The second-order valence-electron chi connectivity index (χ2n) is 4.61. The van der Waals surface area contributed by atoms with Crippen LogP contribution in [0.25, 0.3) is 0 Å². The number of amides is 1. The Kier molecular flexibility index (Phi) is 2.08. The van der Waals surface area contributed by atoms with E-state index in [2.05, 4.69) is 31.9 Å². The smallest absolute Gasteiger partial charge is 0.249 e. The van der Waals surface area contributed by atoms with E-state index in [1.807, 2.05) is 6.07 Å². The summed E-state index contributed by atoms with van der Waals surface area (Å²) >= 11 is 0. The van der Waals surface area contributed by atoms with E-state index in [9.17, 15) is 4.79 Å². The number of nitrogens with two attached hydrogens (primary N) is 1. The fraction of sp³-hybridized carbons (Fsp3) is 0.417. The predicted octanol–water partition coefficient (Wildman–Crippen LogP) is 1.47. The van der Waals surface area contributed by atoms with E-state index in [1.165, 1.54) is 5.56 Å². The lowest BCUT2D eigenvalue weighted by atomic mass is 9.91. The summed E-state index contributed by atoms with van der Waals surface area (Å²) in [5.74, 6) is -0.335. The second-order valence-corrected chi connectivity index (χ2v) is 4.61. The molecule has 1 aromatic carbocycles. The molecule has 80 valence electrons. The van der Waals surface area contributed by atoms with E-state index in [1.54, 1.807) is 6.07 Å². The van der Waals surface area contributed by atoms with Gasteiger partial charge in [-0.05, 0) is 38.1 Å². The number of carbonyl (C=O) groups is 1. The van der Waals surface area contributed by atoms with Crippen molar-refractivity contribution >= 4 is 5.91 Å². The third-order valence-electron chi connectivity index (χ3n) is 3.45. The Labute approximate surface area is 89.9 Å². The first kappa shape index (κ1) is 10.2. The van der Waals surface area contributed by atoms with Crippen LogP contribution >= 0.6 is 0 Å². The Hall–Kier alpha value is -1.35. The van der Waals surface area contributed by atoms with E-state index in [4.69, 9.17) is 5.73 Å². The van der Waals surface area contributed by atoms with E-state index in [0.29, 0.717) is 5.56 Å². The maximum absolute atomic E-state index is 11.3. The van der Waals surface area contributed by atoms with Crippen LogP contribution in [0.2, 0.25) is 0 Å². The number of rotatable bonds is 1. The molecule has 0 atom stereocenters. The SMILES string of the molecule is CN1Cc2c(C(N)=O)cccc2C1(C)C. The van der Waals surface area contributed by atoms with Crippen LogP contribution in [-0.4, -0.2) is 17.9 Å². The molecular weight excluding hydrogens is 188 g/mol. The molecular formula is C12H16N2O. The largest absolute Gasteiger partial charge is 0.366 e. The Morgan fingerprint density at radius 1 is 1.47 bits per heavy atom. The van der Waals surface area contributed by atoms with Crippen LogP contribution in [0.1, 0.15) is 35.3 Å². The average molecular weight is 204 g/mol. The highest BCUT2D eigenvalue weighted by molar-refractivity contribution is 5.95. The van der Waals surface area contributed by atoms with Crippen LogP contribution < -0.4 is 5.73 Å². The maximum Gasteiger partial charge on any atom is 0.249 e. The third-order valence-corrected chi connectivity index (χ3v) is 3.45. The summed E-state index contributed by atoms with van der Waals surface area (Å²) < 4.78 is 0. The van der Waals surface area contributed by atoms with E-state index in [-0.39, 0.29) is 11.4 Å². The highest BCUT2D eigenvalue weighted by Crippen LogP contribution is 2.38. The monoisotopic (exact) mass is 204 g/mol. The molecule has 0 spiro atoms. The van der Waals surface area contributed by atoms with Gasteiger partial charge in [-0.3, -0.25) is 9.69 Å². The Bertz CT molecular complexity index is 424. The number of nitrogens with zero attached hydrogens (tertiary/aromatic N) is 1. The van der Waals surface area contributed by atoms with Crippen molar-refractivity contribution in [3.05, 3.63) is 34.9 Å². The number of carbonyl (C=O) groups excluding carboxylic acids is 1. The van der Waals surface area contributed by atoms with E-state index in [0.717, 1.165) is 12.1 Å². The minimum absolute atomic E-state index is 0.0131. The molecule has 1 aliphatic heterocycles. The fourth-order valence-electron chi connectivity index (χ4n) is 2.20. The van der Waals surface area contributed by atoms with Gasteiger partial charge in [0, 0.05) is 17.6 Å². The van der Waals surface area contributed by atoms with Crippen LogP contribution in [0, 0.1) is 0 Å². The number of hydrogen-bond donors (Lipinski definition) is 1. The topological polar surface area (TPSA) is 46.3 Å². The van der Waals surface area contributed by atoms with Gasteiger partial charge in [0.1, 0.15) is 0 Å². The minimum Gasteiger partial charge on any atom is -0.366 e. The first-order valence-electron chi connectivity index (χ1n) is 5.08. The van der Waals surface area contributed by atoms with Gasteiger partial charge in [-0.25, -0.2) is 0 Å². The van der Waals surface area contributed by atoms with Crippen molar-refractivity contribution in [2.75, 3.05) is 7.05 Å². The lowest BCUT2D eigenvalue weighted by Gasteiger charge is -2.28. The molecule has 1 heterocycles. The molecule has 0 unspecified atom stereocenters. The molecule has 0 saturated carbocycles. The molecule has 0 saturated heterocycles. The molecule has 1 aromatic rings. The Balaban J connectivity index is 2.63. The van der Waals surface area contributed by atoms with Crippen molar-refractivity contribution in [3.63, 3.8) is 0 Å². The van der Waals surface area contributed by atoms with Crippen molar-refractivity contribution in [1.82, 2.24) is 4.90 Å². The van der Waals surface area contributed by atoms with E-state index >= 15 is 0 Å². The van der Waals surface area contributed by atoms with Gasteiger partial charge < -0.3 is 5.73 Å². The normalized spacial score (nSPS) is 18.9. The van der Waals surface area contributed by atoms with Gasteiger partial charge in [-0.15, -0.1) is 0 Å². The highest BCUT2D eigenvalue weighted by atomic mass is 16.1. The molecule has 1 aliphatic rings. The van der Waals surface area contributed by atoms with Crippen LogP contribution in [0.5, 0.6) is 0 Å². The summed E-state index contributed by atoms with van der Waals surface area (Å²) in [4.78, 5) is 13.5. The minimum atomic E-state index is -0.335. The molecule has 2 rings (SSSR count). The summed E-state index contributed by atoms with van der Waals surface area (Å²) in [6.45, 7) is 5.11. The molecule has 3 nitrogen and oxygen atoms in total. The summed E-state index contributed by atoms with van der Waals surface area (Å²) in [6.07, 6.45) is 0. The number of benzene rings is 1. The van der Waals surface area contributed by atoms with E-state index < -0.39 is 0 Å². The molecule has 3 heteroatoms. The lowest BCUT2D eigenvalue weighted by molar-refractivity contribution is 0.0998. The zero-order chi connectivity index (χ0) is 11.2. The molecule has 0 fully saturated rings. The summed E-state index contributed by atoms with van der Waals surface area (Å²) in [5, 5.41) is 0. The maximum atomic E-state index is 11.3. The van der Waals surface area contributed by atoms with Gasteiger partial charge in [0.05, 0.1) is 0 Å². The summed E-state index contributed by atoms with van der Waals surface area (Å²) in [6, 6.07) is 5.78. The fourth-order valence-corrected chi connectivity index (χ4v) is 2.20. The number of primary amides is 1. The molecule has 0 aromatic heterocycles. The molecule has 15 heavy (non-hydrogen) atoms. The first-order chi connectivity index (χ1) is 6.94. The standard InChI is InChI=1S/C12H16N2O/c1-12(2)10-6-4-5-8(11(13)15)9(10)7-14(12)3/h4-6H,7H2,1-3H3,(H2,13,15). The Morgan fingerprint density at radius 3 is 2.73 bits per heavy atom. The van der Waals surface area contributed by atoms with Crippen molar-refractivity contribution < 1.29 is 4.79 Å². The predicted molar refractivity (Wildman–Crippen MR) is 59.5 cm³/mol. The van der Waals surface area contributed by atoms with Crippen LogP contribution in [0.4, 0.5) is 0 Å². The second kappa shape index (κ2) is 3.07. The molecule has 0 aliphatic carbocycles. The van der Waals surface area contributed by atoms with Crippen molar-refractivity contribution in [2.45, 2.75) is 25.9 Å². The summed E-state index contributed by atoms with van der Waals surface area (Å²) in [7, 11) is 2.06. The van der Waals surface area contributed by atoms with Crippen LogP contribution in [0.3, 0.4) is 0 Å². The van der Waals surface area contributed by atoms with Crippen LogP contribution in [0.15, 0.2) is 18.2 Å². The highest BCUT2D eigenvalue weighted by Gasteiger charge is 2.36. The van der Waals surface area contributed by atoms with Crippen molar-refractivity contribution in [2.24, 2.45) is 5.73 Å². The average Bonchev–Trinajstić information content (AvgIpc) is 2.38. The quantitative estimate of drug-likeness (QED) is 0.753. The van der Waals surface area contributed by atoms with Gasteiger partial charge in [0.2, 0.25) is 5.91 Å². The zero-order valence-electron chi connectivity index (χ0n) is 9.37. The van der Waals surface area contributed by atoms with Crippen molar-refractivity contribution in [3.8, 4) is 0 Å². The Morgan fingerprint density at radius 2 is 2.13 bits per heavy atom.